The van der Waals surface area contributed by atoms with Crippen LogP contribution in [0.5, 0.6) is 0 Å². The molecule has 35 heavy (non-hydrogen) atoms. The summed E-state index contributed by atoms with van der Waals surface area (Å²) < 4.78 is 21.0. The number of hydrogen-bond acceptors (Lipinski definition) is 4. The molecule has 0 saturated heterocycles. The fourth-order valence-electron chi connectivity index (χ4n) is 3.75. The normalized spacial score (nSPS) is 10.8. The van der Waals surface area contributed by atoms with Gasteiger partial charge in [0.05, 0.1) is 25.3 Å². The van der Waals surface area contributed by atoms with Gasteiger partial charge in [-0.1, -0.05) is 13.0 Å². The number of aromatic nitrogens is 2. The van der Waals surface area contributed by atoms with Crippen LogP contribution in [0, 0.1) is 5.82 Å². The molecule has 0 aliphatic carbocycles. The van der Waals surface area contributed by atoms with Gasteiger partial charge in [0, 0.05) is 30.2 Å². The summed E-state index contributed by atoms with van der Waals surface area (Å²) in [7, 11) is 0. The van der Waals surface area contributed by atoms with Crippen LogP contribution in [0.4, 0.5) is 4.39 Å². The van der Waals surface area contributed by atoms with Crippen LogP contribution < -0.4 is 5.32 Å². The predicted octanol–water partition coefficient (Wildman–Crippen LogP) is 4.65. The van der Waals surface area contributed by atoms with Gasteiger partial charge < -0.3 is 19.2 Å². The lowest BCUT2D eigenvalue weighted by molar-refractivity contribution is 0.0739. The minimum atomic E-state index is -0.374. The van der Waals surface area contributed by atoms with E-state index >= 15 is 0 Å². The summed E-state index contributed by atoms with van der Waals surface area (Å²) in [6, 6.07) is 18.4. The van der Waals surface area contributed by atoms with E-state index in [4.69, 9.17) is 4.42 Å². The van der Waals surface area contributed by atoms with Crippen LogP contribution in [0.25, 0.3) is 0 Å². The molecule has 0 aliphatic heterocycles. The molecule has 7 nitrogen and oxygen atoms in total. The first-order chi connectivity index (χ1) is 17.0. The Balaban J connectivity index is 1.40. The number of furan rings is 1. The Labute approximate surface area is 203 Å². The van der Waals surface area contributed by atoms with Crippen molar-refractivity contribution in [2.24, 2.45) is 0 Å². The Bertz CT molecular complexity index is 1270. The fourth-order valence-corrected chi connectivity index (χ4v) is 3.75. The average molecular weight is 475 g/mol. The van der Waals surface area contributed by atoms with Gasteiger partial charge in [0.2, 0.25) is 0 Å². The summed E-state index contributed by atoms with van der Waals surface area (Å²) in [5.41, 5.74) is 2.13. The number of rotatable bonds is 10. The van der Waals surface area contributed by atoms with Crippen molar-refractivity contribution in [2.45, 2.75) is 33.0 Å². The molecule has 8 heteroatoms. The predicted molar refractivity (Wildman–Crippen MR) is 129 cm³/mol. The molecule has 0 bridgehead atoms. The minimum absolute atomic E-state index is 0.149. The zero-order valence-electron chi connectivity index (χ0n) is 19.5. The second kappa shape index (κ2) is 11.3. The number of benzene rings is 1. The van der Waals surface area contributed by atoms with Crippen LogP contribution >= 0.6 is 0 Å². The maximum atomic E-state index is 13.3. The third-order valence-corrected chi connectivity index (χ3v) is 5.52. The van der Waals surface area contributed by atoms with Crippen LogP contribution in [-0.2, 0) is 19.6 Å². The quantitative estimate of drug-likeness (QED) is 0.363. The lowest BCUT2D eigenvalue weighted by Crippen LogP contribution is -2.32. The molecule has 180 valence electrons. The Hall–Kier alpha value is -4.20. The fraction of sp³-hybridized carbons (Fsp3) is 0.222. The Morgan fingerprint density at radius 1 is 1.06 bits per heavy atom. The van der Waals surface area contributed by atoms with Gasteiger partial charge in [0.1, 0.15) is 11.6 Å². The van der Waals surface area contributed by atoms with Crippen molar-refractivity contribution in [3.05, 3.63) is 113 Å². The Kier molecular flexibility index (Phi) is 7.72. The van der Waals surface area contributed by atoms with Gasteiger partial charge in [0.25, 0.3) is 11.8 Å². The van der Waals surface area contributed by atoms with Crippen LogP contribution in [0.2, 0.25) is 0 Å². The molecule has 0 fully saturated rings. The summed E-state index contributed by atoms with van der Waals surface area (Å²) in [6.45, 7) is 3.71. The molecule has 3 aromatic heterocycles. The van der Waals surface area contributed by atoms with E-state index in [1.54, 1.807) is 23.2 Å². The van der Waals surface area contributed by atoms with Crippen molar-refractivity contribution in [1.29, 1.82) is 0 Å². The minimum Gasteiger partial charge on any atom is -0.454 e. The largest absolute Gasteiger partial charge is 0.454 e. The van der Waals surface area contributed by atoms with Crippen LogP contribution in [-0.4, -0.2) is 32.8 Å². The zero-order chi connectivity index (χ0) is 24.6. The first kappa shape index (κ1) is 23.9. The number of carbonyl (C=O) groups is 2. The molecule has 0 unspecified atom stereocenters. The highest BCUT2D eigenvalue weighted by atomic mass is 19.1. The highest BCUT2D eigenvalue weighted by molar-refractivity contribution is 5.94. The van der Waals surface area contributed by atoms with E-state index in [2.05, 4.69) is 10.3 Å². The molecule has 1 aromatic carbocycles. The Morgan fingerprint density at radius 3 is 2.63 bits per heavy atom. The number of halogens is 1. The molecule has 1 N–H and O–H groups in total. The molecule has 0 saturated carbocycles. The monoisotopic (exact) mass is 474 g/mol. The van der Waals surface area contributed by atoms with Gasteiger partial charge in [-0.3, -0.25) is 14.6 Å². The van der Waals surface area contributed by atoms with E-state index in [1.807, 2.05) is 48.0 Å². The van der Waals surface area contributed by atoms with Gasteiger partial charge in [0.15, 0.2) is 5.76 Å². The van der Waals surface area contributed by atoms with Crippen molar-refractivity contribution >= 4 is 11.8 Å². The van der Waals surface area contributed by atoms with Gasteiger partial charge in [-0.15, -0.1) is 0 Å². The van der Waals surface area contributed by atoms with E-state index in [9.17, 15) is 14.0 Å². The zero-order valence-corrected chi connectivity index (χ0v) is 19.5. The maximum absolute atomic E-state index is 13.3. The molecule has 0 aliphatic rings. The topological polar surface area (TPSA) is 80.4 Å². The number of carbonyl (C=O) groups excluding carboxylic acids is 2. The third kappa shape index (κ3) is 6.23. The molecule has 2 amide bonds. The molecule has 0 atom stereocenters. The molecular weight excluding hydrogens is 447 g/mol. The number of hydrogen-bond donors (Lipinski definition) is 1. The van der Waals surface area contributed by atoms with E-state index in [0.717, 1.165) is 17.8 Å². The summed E-state index contributed by atoms with van der Waals surface area (Å²) in [5.74, 6) is 0.0138. The molecule has 3 heterocycles. The highest BCUT2D eigenvalue weighted by Crippen LogP contribution is 2.16. The van der Waals surface area contributed by atoms with E-state index in [0.29, 0.717) is 37.5 Å². The second-order valence-corrected chi connectivity index (χ2v) is 8.13. The highest BCUT2D eigenvalue weighted by Gasteiger charge is 2.18. The Morgan fingerprint density at radius 2 is 1.89 bits per heavy atom. The lowest BCUT2D eigenvalue weighted by Gasteiger charge is -2.23. The van der Waals surface area contributed by atoms with Crippen molar-refractivity contribution < 1.29 is 18.4 Å². The number of nitrogens with zero attached hydrogens (tertiary/aromatic N) is 3. The summed E-state index contributed by atoms with van der Waals surface area (Å²) in [5, 5.41) is 2.80. The van der Waals surface area contributed by atoms with E-state index < -0.39 is 0 Å². The van der Waals surface area contributed by atoms with Gasteiger partial charge in [-0.2, -0.15) is 0 Å². The first-order valence-electron chi connectivity index (χ1n) is 11.5. The van der Waals surface area contributed by atoms with Crippen LogP contribution in [0.15, 0.2) is 83.5 Å². The average Bonchev–Trinajstić information content (AvgIpc) is 3.53. The lowest BCUT2D eigenvalue weighted by atomic mass is 10.2. The second-order valence-electron chi connectivity index (χ2n) is 8.13. The smallest absolute Gasteiger partial charge is 0.287 e. The van der Waals surface area contributed by atoms with Gasteiger partial charge in [-0.05, 0) is 67.1 Å². The first-order valence-corrected chi connectivity index (χ1v) is 11.5. The van der Waals surface area contributed by atoms with Crippen LogP contribution in [0.1, 0.15) is 51.4 Å². The van der Waals surface area contributed by atoms with Gasteiger partial charge >= 0.3 is 0 Å². The van der Waals surface area contributed by atoms with Crippen molar-refractivity contribution in [2.75, 3.05) is 6.54 Å². The summed E-state index contributed by atoms with van der Waals surface area (Å²) in [6.07, 6.45) is 4.38. The van der Waals surface area contributed by atoms with Crippen LogP contribution in [0.3, 0.4) is 0 Å². The van der Waals surface area contributed by atoms with Crippen molar-refractivity contribution in [1.82, 2.24) is 19.8 Å². The molecule has 0 radical (unpaired) electrons. The van der Waals surface area contributed by atoms with Gasteiger partial charge in [-0.25, -0.2) is 4.39 Å². The molecule has 4 rings (SSSR count). The number of pyridine rings is 1. The van der Waals surface area contributed by atoms with Crippen molar-refractivity contribution in [3.63, 3.8) is 0 Å². The SMILES string of the molecule is CCCN(Cc1cccn1Cc1ccc(C(=O)NCc2ccccn2)o1)C(=O)c1ccc(F)cc1. The van der Waals surface area contributed by atoms with E-state index in [-0.39, 0.29) is 23.4 Å². The summed E-state index contributed by atoms with van der Waals surface area (Å²) >= 11 is 0. The standard InChI is InChI=1S/C27H27FN4O3/c1-2-15-32(27(34)20-8-10-21(28)11-9-20)18-23-7-5-16-31(23)19-24-12-13-25(35-24)26(33)30-17-22-6-3-4-14-29-22/h3-14,16H,2,15,17-19H2,1H3,(H,30,33). The molecular formula is C27H27FN4O3. The van der Waals surface area contributed by atoms with E-state index in [1.165, 1.54) is 24.3 Å². The molecule has 0 spiro atoms. The molecule has 4 aromatic rings. The summed E-state index contributed by atoms with van der Waals surface area (Å²) in [4.78, 5) is 31.4. The maximum Gasteiger partial charge on any atom is 0.287 e. The van der Waals surface area contributed by atoms with Crippen molar-refractivity contribution in [3.8, 4) is 0 Å². The third-order valence-electron chi connectivity index (χ3n) is 5.52. The number of nitrogens with one attached hydrogen (secondary N) is 1. The number of amides is 2.